The number of H-pyrrole nitrogens is 1. The summed E-state index contributed by atoms with van der Waals surface area (Å²) in [7, 11) is 0. The lowest BCUT2D eigenvalue weighted by Crippen LogP contribution is -2.52. The molecule has 0 aromatic carbocycles. The second kappa shape index (κ2) is 7.91. The van der Waals surface area contributed by atoms with E-state index in [1.165, 1.54) is 13.1 Å². The Bertz CT molecular complexity index is 717. The fourth-order valence-electron chi connectivity index (χ4n) is 2.70. The quantitative estimate of drug-likeness (QED) is 0.495. The van der Waals surface area contributed by atoms with Crippen LogP contribution in [-0.4, -0.2) is 45.2 Å². The smallest absolute Gasteiger partial charge is 0.328 e. The van der Waals surface area contributed by atoms with Crippen molar-refractivity contribution in [2.24, 2.45) is 0 Å². The van der Waals surface area contributed by atoms with Crippen LogP contribution in [0.5, 0.6) is 0 Å². The van der Waals surface area contributed by atoms with Crippen LogP contribution in [0.2, 0.25) is 0 Å². The highest BCUT2D eigenvalue weighted by Crippen LogP contribution is 2.17. The molecular formula is C15H22N4O5. The first-order valence-electron chi connectivity index (χ1n) is 7.91. The number of nitrogens with one attached hydrogen (secondary N) is 3. The van der Waals surface area contributed by atoms with Gasteiger partial charge in [-0.2, -0.15) is 0 Å². The molecule has 0 aliphatic heterocycles. The SMILES string of the molecule is Cc1cn(CC(=O)NC(CO)C(=O)NC2CCCC2)c(=O)[nH]c1=O. The van der Waals surface area contributed by atoms with Crippen LogP contribution in [0.15, 0.2) is 15.8 Å². The molecule has 9 nitrogen and oxygen atoms in total. The summed E-state index contributed by atoms with van der Waals surface area (Å²) >= 11 is 0. The third-order valence-corrected chi connectivity index (χ3v) is 4.04. The predicted molar refractivity (Wildman–Crippen MR) is 85.5 cm³/mol. The molecule has 1 heterocycles. The summed E-state index contributed by atoms with van der Waals surface area (Å²) < 4.78 is 1.04. The minimum Gasteiger partial charge on any atom is -0.394 e. The van der Waals surface area contributed by atoms with E-state index in [9.17, 15) is 24.3 Å². The summed E-state index contributed by atoms with van der Waals surface area (Å²) in [6.45, 7) is 0.617. The average molecular weight is 338 g/mol. The zero-order chi connectivity index (χ0) is 17.7. The Kier molecular flexibility index (Phi) is 5.91. The second-order valence-corrected chi connectivity index (χ2v) is 5.99. The molecule has 1 unspecified atom stereocenters. The fourth-order valence-corrected chi connectivity index (χ4v) is 2.70. The number of aliphatic hydroxyl groups is 1. The second-order valence-electron chi connectivity index (χ2n) is 5.99. The molecule has 2 rings (SSSR count). The molecule has 1 atom stereocenters. The summed E-state index contributed by atoms with van der Waals surface area (Å²) in [6.07, 6.45) is 5.16. The van der Waals surface area contributed by atoms with E-state index in [1.54, 1.807) is 0 Å². The van der Waals surface area contributed by atoms with Crippen molar-refractivity contribution in [3.05, 3.63) is 32.6 Å². The first-order valence-corrected chi connectivity index (χ1v) is 7.91. The molecule has 0 radical (unpaired) electrons. The van der Waals surface area contributed by atoms with Crippen LogP contribution in [-0.2, 0) is 16.1 Å². The number of aryl methyl sites for hydroxylation is 1. The van der Waals surface area contributed by atoms with Crippen molar-refractivity contribution in [3.63, 3.8) is 0 Å². The van der Waals surface area contributed by atoms with Crippen molar-refractivity contribution in [2.45, 2.75) is 51.2 Å². The van der Waals surface area contributed by atoms with Gasteiger partial charge in [0, 0.05) is 17.8 Å². The largest absolute Gasteiger partial charge is 0.394 e. The third-order valence-electron chi connectivity index (χ3n) is 4.04. The van der Waals surface area contributed by atoms with Crippen LogP contribution in [0.25, 0.3) is 0 Å². The molecule has 1 fully saturated rings. The van der Waals surface area contributed by atoms with E-state index in [4.69, 9.17) is 0 Å². The Morgan fingerprint density at radius 3 is 2.67 bits per heavy atom. The van der Waals surface area contributed by atoms with Gasteiger partial charge in [0.25, 0.3) is 5.56 Å². The first-order chi connectivity index (χ1) is 11.4. The molecule has 1 aliphatic carbocycles. The van der Waals surface area contributed by atoms with Gasteiger partial charge in [0.2, 0.25) is 11.8 Å². The topological polar surface area (TPSA) is 133 Å². The van der Waals surface area contributed by atoms with Crippen molar-refractivity contribution < 1.29 is 14.7 Å². The van der Waals surface area contributed by atoms with E-state index in [1.807, 2.05) is 0 Å². The summed E-state index contributed by atoms with van der Waals surface area (Å²) in [5.74, 6) is -1.05. The van der Waals surface area contributed by atoms with E-state index < -0.39 is 35.7 Å². The van der Waals surface area contributed by atoms with Gasteiger partial charge in [-0.05, 0) is 19.8 Å². The number of aromatic nitrogens is 2. The van der Waals surface area contributed by atoms with Gasteiger partial charge in [-0.1, -0.05) is 12.8 Å². The van der Waals surface area contributed by atoms with Crippen LogP contribution in [0.4, 0.5) is 0 Å². The molecule has 1 aromatic heterocycles. The van der Waals surface area contributed by atoms with Crippen molar-refractivity contribution in [1.82, 2.24) is 20.2 Å². The number of rotatable bonds is 6. The fraction of sp³-hybridized carbons (Fsp3) is 0.600. The van der Waals surface area contributed by atoms with Crippen LogP contribution in [0.3, 0.4) is 0 Å². The maximum absolute atomic E-state index is 12.1. The zero-order valence-corrected chi connectivity index (χ0v) is 13.5. The standard InChI is InChI=1S/C15H22N4O5/c1-9-6-19(15(24)18-13(9)22)7-12(21)17-11(8-20)14(23)16-10-4-2-3-5-10/h6,10-11,20H,2-5,7-8H2,1H3,(H,16,23)(H,17,21)(H,18,22,24). The number of nitrogens with zero attached hydrogens (tertiary/aromatic N) is 1. The number of hydrogen-bond acceptors (Lipinski definition) is 5. The lowest BCUT2D eigenvalue weighted by Gasteiger charge is -2.19. The van der Waals surface area contributed by atoms with Crippen molar-refractivity contribution >= 4 is 11.8 Å². The Balaban J connectivity index is 1.96. The number of carbonyl (C=O) groups is 2. The molecule has 1 aliphatic rings. The van der Waals surface area contributed by atoms with Crippen LogP contribution in [0, 0.1) is 6.92 Å². The number of aliphatic hydroxyl groups excluding tert-OH is 1. The molecule has 0 bridgehead atoms. The molecule has 9 heteroatoms. The predicted octanol–water partition coefficient (Wildman–Crippen LogP) is -1.62. The molecule has 0 saturated heterocycles. The Morgan fingerprint density at radius 1 is 1.38 bits per heavy atom. The lowest BCUT2D eigenvalue weighted by atomic mass is 10.2. The van der Waals surface area contributed by atoms with E-state index in [0.717, 1.165) is 30.3 Å². The van der Waals surface area contributed by atoms with Crippen molar-refractivity contribution in [3.8, 4) is 0 Å². The molecular weight excluding hydrogens is 316 g/mol. The van der Waals surface area contributed by atoms with E-state index in [2.05, 4.69) is 15.6 Å². The molecule has 132 valence electrons. The normalized spacial score (nSPS) is 15.9. The number of hydrogen-bond donors (Lipinski definition) is 4. The number of carbonyl (C=O) groups excluding carboxylic acids is 2. The van der Waals surface area contributed by atoms with Crippen molar-refractivity contribution in [1.29, 1.82) is 0 Å². The Morgan fingerprint density at radius 2 is 2.04 bits per heavy atom. The summed E-state index contributed by atoms with van der Waals surface area (Å²) in [4.78, 5) is 49.1. The van der Waals surface area contributed by atoms with Gasteiger partial charge < -0.3 is 15.7 Å². The monoisotopic (exact) mass is 338 g/mol. The molecule has 4 N–H and O–H groups in total. The summed E-state index contributed by atoms with van der Waals surface area (Å²) in [6, 6.07) is -0.995. The summed E-state index contributed by atoms with van der Waals surface area (Å²) in [5, 5.41) is 14.5. The molecule has 0 spiro atoms. The van der Waals surface area contributed by atoms with Crippen LogP contribution < -0.4 is 21.9 Å². The van der Waals surface area contributed by atoms with Gasteiger partial charge >= 0.3 is 5.69 Å². The van der Waals surface area contributed by atoms with Gasteiger partial charge in [-0.15, -0.1) is 0 Å². The van der Waals surface area contributed by atoms with Gasteiger partial charge in [0.1, 0.15) is 12.6 Å². The molecule has 24 heavy (non-hydrogen) atoms. The van der Waals surface area contributed by atoms with Crippen LogP contribution in [0.1, 0.15) is 31.2 Å². The maximum atomic E-state index is 12.1. The lowest BCUT2D eigenvalue weighted by molar-refractivity contribution is -0.130. The highest BCUT2D eigenvalue weighted by Gasteiger charge is 2.24. The maximum Gasteiger partial charge on any atom is 0.328 e. The average Bonchev–Trinajstić information content (AvgIpc) is 3.03. The van der Waals surface area contributed by atoms with Gasteiger partial charge in [0.05, 0.1) is 6.61 Å². The molecule has 2 amide bonds. The van der Waals surface area contributed by atoms with Crippen LogP contribution >= 0.6 is 0 Å². The van der Waals surface area contributed by atoms with Gasteiger partial charge in [0.15, 0.2) is 0 Å². The van der Waals surface area contributed by atoms with Gasteiger partial charge in [-0.25, -0.2) is 4.79 Å². The third kappa shape index (κ3) is 4.54. The highest BCUT2D eigenvalue weighted by molar-refractivity contribution is 5.87. The number of aromatic amines is 1. The highest BCUT2D eigenvalue weighted by atomic mass is 16.3. The summed E-state index contributed by atoms with van der Waals surface area (Å²) in [5.41, 5.74) is -0.933. The Labute approximate surface area is 138 Å². The molecule has 1 saturated carbocycles. The van der Waals surface area contributed by atoms with Gasteiger partial charge in [-0.3, -0.25) is 23.9 Å². The zero-order valence-electron chi connectivity index (χ0n) is 13.5. The van der Waals surface area contributed by atoms with E-state index in [-0.39, 0.29) is 12.6 Å². The minimum absolute atomic E-state index is 0.0768. The van der Waals surface area contributed by atoms with E-state index >= 15 is 0 Å². The first kappa shape index (κ1) is 17.9. The number of amides is 2. The van der Waals surface area contributed by atoms with E-state index in [0.29, 0.717) is 5.56 Å². The molecule has 1 aromatic rings. The minimum atomic E-state index is -1.07. The van der Waals surface area contributed by atoms with Crippen molar-refractivity contribution in [2.75, 3.05) is 6.61 Å². The Hall–Kier alpha value is -2.42.